The number of methoxy groups -OCH3 is 1. The Morgan fingerprint density at radius 3 is 2.44 bits per heavy atom. The van der Waals surface area contributed by atoms with E-state index in [4.69, 9.17) is 4.74 Å². The van der Waals surface area contributed by atoms with Crippen LogP contribution >= 0.6 is 0 Å². The lowest BCUT2D eigenvalue weighted by atomic mass is 9.87. The van der Waals surface area contributed by atoms with Crippen molar-refractivity contribution in [3.8, 4) is 5.75 Å². The minimum Gasteiger partial charge on any atom is -0.496 e. The van der Waals surface area contributed by atoms with Gasteiger partial charge in [-0.2, -0.15) is 13.5 Å². The number of hydrogen-bond donors (Lipinski definition) is 1. The van der Waals surface area contributed by atoms with Crippen LogP contribution in [0.15, 0.2) is 52.5 Å². The molecule has 0 atom stereocenters. The molecule has 0 spiro atoms. The highest BCUT2D eigenvalue weighted by Gasteiger charge is 2.21. The second-order valence-electron chi connectivity index (χ2n) is 6.83. The van der Waals surface area contributed by atoms with Gasteiger partial charge in [0, 0.05) is 5.56 Å². The van der Waals surface area contributed by atoms with Gasteiger partial charge in [-0.15, -0.1) is 0 Å². The third kappa shape index (κ3) is 4.60. The minimum absolute atomic E-state index is 0.140. The second kappa shape index (κ2) is 7.27. The molecule has 0 heterocycles. The number of para-hydroxylation sites is 1. The van der Waals surface area contributed by atoms with E-state index in [1.807, 2.05) is 45.0 Å². The van der Waals surface area contributed by atoms with Crippen molar-refractivity contribution in [2.24, 2.45) is 5.10 Å². The third-order valence-electron chi connectivity index (χ3n) is 3.86. The molecule has 0 aliphatic rings. The van der Waals surface area contributed by atoms with E-state index in [0.29, 0.717) is 16.9 Å². The first-order valence-electron chi connectivity index (χ1n) is 7.94. The highest BCUT2D eigenvalue weighted by molar-refractivity contribution is 7.89. The summed E-state index contributed by atoms with van der Waals surface area (Å²) in [5.74, 6) is 0.622. The highest BCUT2D eigenvalue weighted by Crippen LogP contribution is 2.26. The van der Waals surface area contributed by atoms with Gasteiger partial charge in [0.25, 0.3) is 10.0 Å². The predicted molar refractivity (Wildman–Crippen MR) is 101 cm³/mol. The minimum atomic E-state index is -3.75. The van der Waals surface area contributed by atoms with Crippen molar-refractivity contribution in [2.75, 3.05) is 7.11 Å². The van der Waals surface area contributed by atoms with E-state index in [-0.39, 0.29) is 10.3 Å². The molecule has 0 aromatic heterocycles. The zero-order chi connectivity index (χ0) is 18.7. The lowest BCUT2D eigenvalue weighted by Crippen LogP contribution is -2.21. The fourth-order valence-electron chi connectivity index (χ4n) is 2.34. The number of ether oxygens (including phenoxy) is 1. The average Bonchev–Trinajstić information content (AvgIpc) is 2.54. The SMILES string of the molecule is COc1ccccc1/C=N/NS(=O)(=O)c1cc(C(C)(C)C)ccc1C. The van der Waals surface area contributed by atoms with Gasteiger partial charge in [-0.25, -0.2) is 4.83 Å². The van der Waals surface area contributed by atoms with Gasteiger partial charge < -0.3 is 4.74 Å². The van der Waals surface area contributed by atoms with Gasteiger partial charge in [0.05, 0.1) is 18.2 Å². The molecule has 134 valence electrons. The van der Waals surface area contributed by atoms with Crippen LogP contribution in [0.3, 0.4) is 0 Å². The van der Waals surface area contributed by atoms with E-state index in [1.54, 1.807) is 32.2 Å². The molecule has 1 N–H and O–H groups in total. The summed E-state index contributed by atoms with van der Waals surface area (Å²) in [4.78, 5) is 2.51. The summed E-state index contributed by atoms with van der Waals surface area (Å²) in [6.45, 7) is 7.90. The number of sulfonamides is 1. The van der Waals surface area contributed by atoms with Gasteiger partial charge >= 0.3 is 0 Å². The summed E-state index contributed by atoms with van der Waals surface area (Å²) in [6, 6.07) is 12.7. The Hall–Kier alpha value is -2.34. The van der Waals surface area contributed by atoms with Crippen LogP contribution in [0.5, 0.6) is 5.75 Å². The van der Waals surface area contributed by atoms with Crippen molar-refractivity contribution in [2.45, 2.75) is 38.0 Å². The van der Waals surface area contributed by atoms with Gasteiger partial charge in [-0.1, -0.05) is 45.0 Å². The lowest BCUT2D eigenvalue weighted by molar-refractivity contribution is 0.414. The number of nitrogens with one attached hydrogen (secondary N) is 1. The Labute approximate surface area is 149 Å². The van der Waals surface area contributed by atoms with E-state index in [2.05, 4.69) is 9.93 Å². The molecular weight excluding hydrogens is 336 g/mol. The Morgan fingerprint density at radius 1 is 1.12 bits per heavy atom. The number of aryl methyl sites for hydroxylation is 1. The molecule has 0 bridgehead atoms. The lowest BCUT2D eigenvalue weighted by Gasteiger charge is -2.20. The Kier molecular flexibility index (Phi) is 5.52. The maximum atomic E-state index is 12.6. The van der Waals surface area contributed by atoms with E-state index in [1.165, 1.54) is 6.21 Å². The molecule has 0 radical (unpaired) electrons. The molecule has 5 nitrogen and oxygen atoms in total. The molecule has 0 unspecified atom stereocenters. The first kappa shape index (κ1) is 19.0. The highest BCUT2D eigenvalue weighted by atomic mass is 32.2. The molecule has 25 heavy (non-hydrogen) atoms. The van der Waals surface area contributed by atoms with Gasteiger partial charge in [-0.05, 0) is 41.7 Å². The summed E-state index contributed by atoms with van der Waals surface area (Å²) >= 11 is 0. The van der Waals surface area contributed by atoms with Crippen LogP contribution < -0.4 is 9.57 Å². The number of rotatable bonds is 5. The van der Waals surface area contributed by atoms with Gasteiger partial charge in [0.1, 0.15) is 5.75 Å². The van der Waals surface area contributed by atoms with Crippen molar-refractivity contribution < 1.29 is 13.2 Å². The second-order valence-corrected chi connectivity index (χ2v) is 8.45. The molecule has 0 amide bonds. The number of hydrazone groups is 1. The quantitative estimate of drug-likeness (QED) is 0.654. The summed E-state index contributed by atoms with van der Waals surface area (Å²) in [5, 5.41) is 3.89. The average molecular weight is 360 g/mol. The molecule has 0 fully saturated rings. The maximum absolute atomic E-state index is 12.6. The molecule has 2 aromatic carbocycles. The van der Waals surface area contributed by atoms with Crippen LogP contribution in [0, 0.1) is 6.92 Å². The van der Waals surface area contributed by atoms with Crippen molar-refractivity contribution in [3.63, 3.8) is 0 Å². The molecule has 0 aliphatic carbocycles. The van der Waals surface area contributed by atoms with Gasteiger partial charge in [0.2, 0.25) is 0 Å². The Balaban J connectivity index is 2.29. The Bertz CT molecular complexity index is 882. The standard InChI is InChI=1S/C19H24N2O3S/c1-14-10-11-16(19(2,3)4)12-18(14)25(22,23)21-20-13-15-8-6-7-9-17(15)24-5/h6-13,21H,1-5H3/b20-13+. The zero-order valence-corrected chi connectivity index (χ0v) is 16.0. The molecule has 0 saturated heterocycles. The van der Waals surface area contributed by atoms with E-state index >= 15 is 0 Å². The number of hydrogen-bond acceptors (Lipinski definition) is 4. The predicted octanol–water partition coefficient (Wildman–Crippen LogP) is 3.61. The van der Waals surface area contributed by atoms with E-state index < -0.39 is 10.0 Å². The van der Waals surface area contributed by atoms with Crippen LogP contribution in [-0.4, -0.2) is 21.7 Å². The molecule has 0 aliphatic heterocycles. The first-order valence-corrected chi connectivity index (χ1v) is 9.42. The van der Waals surface area contributed by atoms with Crippen LogP contribution in [0.4, 0.5) is 0 Å². The first-order chi connectivity index (χ1) is 11.6. The van der Waals surface area contributed by atoms with E-state index in [0.717, 1.165) is 5.56 Å². The fraction of sp³-hybridized carbons (Fsp3) is 0.316. The van der Waals surface area contributed by atoms with Crippen LogP contribution in [-0.2, 0) is 15.4 Å². The molecule has 2 rings (SSSR count). The molecule has 0 saturated carbocycles. The number of benzene rings is 2. The third-order valence-corrected chi connectivity index (χ3v) is 5.22. The monoisotopic (exact) mass is 360 g/mol. The topological polar surface area (TPSA) is 67.8 Å². The van der Waals surface area contributed by atoms with Crippen molar-refractivity contribution >= 4 is 16.2 Å². The smallest absolute Gasteiger partial charge is 0.276 e. The summed E-state index contributed by atoms with van der Waals surface area (Å²) < 4.78 is 30.5. The number of nitrogens with zero attached hydrogens (tertiary/aromatic N) is 1. The Morgan fingerprint density at radius 2 is 1.80 bits per heavy atom. The largest absolute Gasteiger partial charge is 0.496 e. The molecular formula is C19H24N2O3S. The van der Waals surface area contributed by atoms with Crippen molar-refractivity contribution in [1.82, 2.24) is 4.83 Å². The van der Waals surface area contributed by atoms with Crippen LogP contribution in [0.1, 0.15) is 37.5 Å². The van der Waals surface area contributed by atoms with Gasteiger partial charge in [0.15, 0.2) is 0 Å². The van der Waals surface area contributed by atoms with Crippen molar-refractivity contribution in [1.29, 1.82) is 0 Å². The van der Waals surface area contributed by atoms with Gasteiger partial charge in [-0.3, -0.25) is 0 Å². The molecule has 2 aromatic rings. The van der Waals surface area contributed by atoms with Crippen molar-refractivity contribution in [3.05, 3.63) is 59.2 Å². The maximum Gasteiger partial charge on any atom is 0.276 e. The normalized spacial score (nSPS) is 12.4. The van der Waals surface area contributed by atoms with Crippen LogP contribution in [0.2, 0.25) is 0 Å². The zero-order valence-electron chi connectivity index (χ0n) is 15.2. The van der Waals surface area contributed by atoms with Crippen LogP contribution in [0.25, 0.3) is 0 Å². The summed E-state index contributed by atoms with van der Waals surface area (Å²) in [6.07, 6.45) is 1.43. The fourth-order valence-corrected chi connectivity index (χ4v) is 3.41. The molecule has 6 heteroatoms. The van der Waals surface area contributed by atoms with E-state index in [9.17, 15) is 8.42 Å². The summed E-state index contributed by atoms with van der Waals surface area (Å²) in [5.41, 5.74) is 2.17. The summed E-state index contributed by atoms with van der Waals surface area (Å²) in [7, 11) is -2.20.